The van der Waals surface area contributed by atoms with Gasteiger partial charge in [-0.25, -0.2) is 0 Å². The highest BCUT2D eigenvalue weighted by atomic mass is 35.5. The number of carbonyl (C=O) groups excluding carboxylic acids is 1. The van der Waals surface area contributed by atoms with Crippen LogP contribution >= 0.6 is 11.6 Å². The molecule has 1 aromatic carbocycles. The van der Waals surface area contributed by atoms with Crippen LogP contribution in [0.3, 0.4) is 0 Å². The number of halogens is 1. The van der Waals surface area contributed by atoms with Gasteiger partial charge in [0, 0.05) is 17.1 Å². The Bertz CT molecular complexity index is 550. The SMILES string of the molecule is O=C(O)CN(C(=O)/C=C/c1cccc(Cl)c1)C1CCCC1. The zero-order chi connectivity index (χ0) is 15.2. The van der Waals surface area contributed by atoms with Crippen molar-refractivity contribution in [1.82, 2.24) is 4.90 Å². The van der Waals surface area contributed by atoms with E-state index in [-0.39, 0.29) is 18.5 Å². The van der Waals surface area contributed by atoms with Gasteiger partial charge in [-0.1, -0.05) is 36.6 Å². The van der Waals surface area contributed by atoms with E-state index in [0.717, 1.165) is 31.2 Å². The number of rotatable bonds is 5. The van der Waals surface area contributed by atoms with E-state index in [9.17, 15) is 9.59 Å². The molecule has 0 unspecified atom stereocenters. The van der Waals surface area contributed by atoms with Crippen molar-refractivity contribution in [3.8, 4) is 0 Å². The molecular weight excluding hydrogens is 290 g/mol. The molecule has 4 nitrogen and oxygen atoms in total. The molecular formula is C16H18ClNO3. The van der Waals surface area contributed by atoms with Crippen molar-refractivity contribution in [2.24, 2.45) is 0 Å². The summed E-state index contributed by atoms with van der Waals surface area (Å²) in [5, 5.41) is 9.58. The molecule has 1 N–H and O–H groups in total. The van der Waals surface area contributed by atoms with Gasteiger partial charge >= 0.3 is 5.97 Å². The maximum absolute atomic E-state index is 12.3. The third-order valence-corrected chi connectivity index (χ3v) is 3.86. The first-order valence-corrected chi connectivity index (χ1v) is 7.40. The van der Waals surface area contributed by atoms with Crippen molar-refractivity contribution in [3.05, 3.63) is 40.9 Å². The Morgan fingerprint density at radius 3 is 2.67 bits per heavy atom. The summed E-state index contributed by atoms with van der Waals surface area (Å²) < 4.78 is 0. The average Bonchev–Trinajstić information content (AvgIpc) is 2.96. The maximum Gasteiger partial charge on any atom is 0.323 e. The molecule has 0 spiro atoms. The highest BCUT2D eigenvalue weighted by molar-refractivity contribution is 6.30. The number of aliphatic carboxylic acids is 1. The minimum Gasteiger partial charge on any atom is -0.480 e. The van der Waals surface area contributed by atoms with Gasteiger partial charge in [0.15, 0.2) is 0 Å². The quantitative estimate of drug-likeness (QED) is 0.850. The van der Waals surface area contributed by atoms with E-state index >= 15 is 0 Å². The van der Waals surface area contributed by atoms with E-state index in [1.54, 1.807) is 24.3 Å². The predicted molar refractivity (Wildman–Crippen MR) is 82.1 cm³/mol. The second-order valence-electron chi connectivity index (χ2n) is 5.19. The van der Waals surface area contributed by atoms with E-state index in [0.29, 0.717) is 5.02 Å². The van der Waals surface area contributed by atoms with Gasteiger partial charge in [-0.05, 0) is 36.6 Å². The summed E-state index contributed by atoms with van der Waals surface area (Å²) in [7, 11) is 0. The van der Waals surface area contributed by atoms with Crippen LogP contribution in [0.4, 0.5) is 0 Å². The summed E-state index contributed by atoms with van der Waals surface area (Å²) in [6, 6.07) is 7.20. The van der Waals surface area contributed by atoms with Gasteiger partial charge in [0.1, 0.15) is 6.54 Å². The Labute approximate surface area is 129 Å². The Morgan fingerprint density at radius 1 is 1.33 bits per heavy atom. The lowest BCUT2D eigenvalue weighted by atomic mass is 10.2. The van der Waals surface area contributed by atoms with Crippen LogP contribution in [0.5, 0.6) is 0 Å². The summed E-state index contributed by atoms with van der Waals surface area (Å²) in [5.74, 6) is -1.24. The van der Waals surface area contributed by atoms with Crippen LogP contribution in [-0.2, 0) is 9.59 Å². The molecule has 1 saturated carbocycles. The van der Waals surface area contributed by atoms with Crippen molar-refractivity contribution in [2.45, 2.75) is 31.7 Å². The van der Waals surface area contributed by atoms with E-state index < -0.39 is 5.97 Å². The zero-order valence-corrected chi connectivity index (χ0v) is 12.4. The minimum atomic E-state index is -0.980. The second-order valence-corrected chi connectivity index (χ2v) is 5.62. The van der Waals surface area contributed by atoms with E-state index in [4.69, 9.17) is 16.7 Å². The van der Waals surface area contributed by atoms with Crippen molar-refractivity contribution >= 4 is 29.6 Å². The molecule has 1 amide bonds. The van der Waals surface area contributed by atoms with Crippen molar-refractivity contribution in [1.29, 1.82) is 0 Å². The third kappa shape index (κ3) is 4.60. The molecule has 1 aliphatic carbocycles. The fourth-order valence-corrected chi connectivity index (χ4v) is 2.82. The minimum absolute atomic E-state index is 0.0395. The molecule has 0 bridgehead atoms. The monoisotopic (exact) mass is 307 g/mol. The number of nitrogens with zero attached hydrogens (tertiary/aromatic N) is 1. The van der Waals surface area contributed by atoms with Crippen LogP contribution in [0, 0.1) is 0 Å². The fourth-order valence-electron chi connectivity index (χ4n) is 2.62. The molecule has 112 valence electrons. The van der Waals surface area contributed by atoms with Crippen LogP contribution < -0.4 is 0 Å². The van der Waals surface area contributed by atoms with E-state index in [1.165, 1.54) is 11.0 Å². The lowest BCUT2D eigenvalue weighted by molar-refractivity contribution is -0.144. The average molecular weight is 308 g/mol. The molecule has 0 aromatic heterocycles. The molecule has 0 heterocycles. The molecule has 1 aliphatic rings. The van der Waals surface area contributed by atoms with Gasteiger partial charge in [0.25, 0.3) is 0 Å². The normalized spacial score (nSPS) is 15.5. The number of carbonyl (C=O) groups is 2. The Balaban J connectivity index is 2.08. The van der Waals surface area contributed by atoms with Crippen LogP contribution in [0.25, 0.3) is 6.08 Å². The highest BCUT2D eigenvalue weighted by Gasteiger charge is 2.26. The topological polar surface area (TPSA) is 57.6 Å². The summed E-state index contributed by atoms with van der Waals surface area (Å²) in [4.78, 5) is 24.7. The van der Waals surface area contributed by atoms with E-state index in [2.05, 4.69) is 0 Å². The number of hydrogen-bond donors (Lipinski definition) is 1. The van der Waals surface area contributed by atoms with Gasteiger partial charge in [0.05, 0.1) is 0 Å². The van der Waals surface area contributed by atoms with Gasteiger partial charge < -0.3 is 10.0 Å². The number of carboxylic acid groups (broad SMARTS) is 1. The fraction of sp³-hybridized carbons (Fsp3) is 0.375. The molecule has 0 saturated heterocycles. The van der Waals surface area contributed by atoms with Crippen molar-refractivity contribution < 1.29 is 14.7 Å². The molecule has 0 radical (unpaired) electrons. The van der Waals surface area contributed by atoms with E-state index in [1.807, 2.05) is 6.07 Å². The van der Waals surface area contributed by atoms with Gasteiger partial charge in [-0.15, -0.1) is 0 Å². The summed E-state index contributed by atoms with van der Waals surface area (Å²) in [5.41, 5.74) is 0.817. The zero-order valence-electron chi connectivity index (χ0n) is 11.7. The Kier molecular flexibility index (Phi) is 5.39. The van der Waals surface area contributed by atoms with Crippen molar-refractivity contribution in [3.63, 3.8) is 0 Å². The largest absolute Gasteiger partial charge is 0.480 e. The molecule has 21 heavy (non-hydrogen) atoms. The lowest BCUT2D eigenvalue weighted by Gasteiger charge is -2.26. The Hall–Kier alpha value is -1.81. The third-order valence-electron chi connectivity index (χ3n) is 3.62. The predicted octanol–water partition coefficient (Wildman–Crippen LogP) is 3.21. The molecule has 2 rings (SSSR count). The van der Waals surface area contributed by atoms with Gasteiger partial charge in [-0.3, -0.25) is 9.59 Å². The summed E-state index contributed by atoms with van der Waals surface area (Å²) >= 11 is 5.89. The maximum atomic E-state index is 12.3. The second kappa shape index (κ2) is 7.27. The molecule has 5 heteroatoms. The lowest BCUT2D eigenvalue weighted by Crippen LogP contribution is -2.41. The van der Waals surface area contributed by atoms with Crippen LogP contribution in [0.15, 0.2) is 30.3 Å². The van der Waals surface area contributed by atoms with Crippen LogP contribution in [0.2, 0.25) is 5.02 Å². The number of amides is 1. The highest BCUT2D eigenvalue weighted by Crippen LogP contribution is 2.23. The standard InChI is InChI=1S/C16H18ClNO3/c17-13-5-3-4-12(10-13)8-9-15(19)18(11-16(20)21)14-6-1-2-7-14/h3-5,8-10,14H,1-2,6-7,11H2,(H,20,21)/b9-8+. The smallest absolute Gasteiger partial charge is 0.323 e. The number of hydrogen-bond acceptors (Lipinski definition) is 2. The molecule has 0 atom stereocenters. The van der Waals surface area contributed by atoms with Crippen molar-refractivity contribution in [2.75, 3.05) is 6.54 Å². The Morgan fingerprint density at radius 2 is 2.05 bits per heavy atom. The van der Waals surface area contributed by atoms with Crippen LogP contribution in [0.1, 0.15) is 31.2 Å². The first kappa shape index (κ1) is 15.6. The molecule has 1 fully saturated rings. The molecule has 0 aliphatic heterocycles. The number of carboxylic acids is 1. The first-order chi connectivity index (χ1) is 10.1. The number of benzene rings is 1. The summed E-state index contributed by atoms with van der Waals surface area (Å²) in [6.07, 6.45) is 6.94. The van der Waals surface area contributed by atoms with Crippen LogP contribution in [-0.4, -0.2) is 34.5 Å². The summed E-state index contributed by atoms with van der Waals surface area (Å²) in [6.45, 7) is -0.247. The molecule has 1 aromatic rings. The first-order valence-electron chi connectivity index (χ1n) is 7.02. The van der Waals surface area contributed by atoms with Gasteiger partial charge in [-0.2, -0.15) is 0 Å². The van der Waals surface area contributed by atoms with Gasteiger partial charge in [0.2, 0.25) is 5.91 Å².